The molecule has 1 aromatic heterocycles. The van der Waals surface area contributed by atoms with Crippen LogP contribution in [0.5, 0.6) is 0 Å². The van der Waals surface area contributed by atoms with E-state index in [0.29, 0.717) is 0 Å². The molecule has 3 aromatic rings. The summed E-state index contributed by atoms with van der Waals surface area (Å²) in [5, 5.41) is 6.24. The van der Waals surface area contributed by atoms with E-state index in [4.69, 9.17) is 4.42 Å². The zero-order chi connectivity index (χ0) is 17.6. The highest BCUT2D eigenvalue weighted by molar-refractivity contribution is 5.93. The number of rotatable bonds is 6. The van der Waals surface area contributed by atoms with Gasteiger partial charge in [-0.25, -0.2) is 0 Å². The lowest BCUT2D eigenvalue weighted by Crippen LogP contribution is -2.31. The highest BCUT2D eigenvalue weighted by Gasteiger charge is 2.17. The molecule has 128 valence electrons. The van der Waals surface area contributed by atoms with Crippen molar-refractivity contribution in [2.24, 2.45) is 0 Å². The van der Waals surface area contributed by atoms with E-state index in [9.17, 15) is 4.79 Å². The first-order valence-corrected chi connectivity index (χ1v) is 8.32. The predicted molar refractivity (Wildman–Crippen MR) is 99.5 cm³/mol. The third-order valence-corrected chi connectivity index (χ3v) is 4.08. The van der Waals surface area contributed by atoms with Gasteiger partial charge in [-0.15, -0.1) is 0 Å². The van der Waals surface area contributed by atoms with Crippen molar-refractivity contribution in [1.29, 1.82) is 0 Å². The lowest BCUT2D eigenvalue weighted by molar-refractivity contribution is -0.115. The summed E-state index contributed by atoms with van der Waals surface area (Å²) in [6, 6.07) is 19.5. The Morgan fingerprint density at radius 2 is 1.84 bits per heavy atom. The Morgan fingerprint density at radius 1 is 1.04 bits per heavy atom. The van der Waals surface area contributed by atoms with Gasteiger partial charge in [0, 0.05) is 5.69 Å². The van der Waals surface area contributed by atoms with Crippen LogP contribution in [0.2, 0.25) is 0 Å². The van der Waals surface area contributed by atoms with Gasteiger partial charge in [-0.1, -0.05) is 48.0 Å². The minimum Gasteiger partial charge on any atom is -0.467 e. The third kappa shape index (κ3) is 4.37. The van der Waals surface area contributed by atoms with Gasteiger partial charge >= 0.3 is 0 Å². The van der Waals surface area contributed by atoms with Gasteiger partial charge in [0.1, 0.15) is 5.76 Å². The number of nitrogens with one attached hydrogen (secondary N) is 2. The molecule has 0 aliphatic carbocycles. The highest BCUT2D eigenvalue weighted by Crippen LogP contribution is 2.22. The van der Waals surface area contributed by atoms with Crippen molar-refractivity contribution in [2.45, 2.75) is 19.9 Å². The number of amides is 1. The van der Waals surface area contributed by atoms with Crippen LogP contribution in [0.15, 0.2) is 71.3 Å². The maximum absolute atomic E-state index is 12.4. The number of anilines is 1. The Hall–Kier alpha value is -2.85. The number of aryl methyl sites for hydroxylation is 2. The molecule has 4 nitrogen and oxygen atoms in total. The van der Waals surface area contributed by atoms with Crippen molar-refractivity contribution in [3.05, 3.63) is 89.4 Å². The van der Waals surface area contributed by atoms with Gasteiger partial charge in [-0.3, -0.25) is 10.1 Å². The molecule has 0 spiro atoms. The van der Waals surface area contributed by atoms with Gasteiger partial charge < -0.3 is 9.73 Å². The van der Waals surface area contributed by atoms with Crippen molar-refractivity contribution in [1.82, 2.24) is 5.32 Å². The Bertz CT molecular complexity index is 826. The van der Waals surface area contributed by atoms with Crippen LogP contribution in [0.25, 0.3) is 0 Å². The van der Waals surface area contributed by atoms with Crippen LogP contribution < -0.4 is 10.6 Å². The monoisotopic (exact) mass is 334 g/mol. The summed E-state index contributed by atoms with van der Waals surface area (Å²) < 4.78 is 5.54. The number of hydrogen-bond acceptors (Lipinski definition) is 3. The van der Waals surface area contributed by atoms with Crippen LogP contribution in [0.3, 0.4) is 0 Å². The Kier molecular flexibility index (Phi) is 5.31. The molecule has 0 unspecified atom stereocenters. The van der Waals surface area contributed by atoms with Crippen LogP contribution in [-0.2, 0) is 4.79 Å². The van der Waals surface area contributed by atoms with Crippen molar-refractivity contribution in [3.8, 4) is 0 Å². The number of carbonyl (C=O) groups excluding carboxylic acids is 1. The van der Waals surface area contributed by atoms with Crippen LogP contribution in [0.1, 0.15) is 28.5 Å². The highest BCUT2D eigenvalue weighted by atomic mass is 16.3. The maximum atomic E-state index is 12.4. The first kappa shape index (κ1) is 17.0. The van der Waals surface area contributed by atoms with Crippen LogP contribution in [-0.4, -0.2) is 12.5 Å². The smallest absolute Gasteiger partial charge is 0.238 e. The minimum atomic E-state index is -0.166. The molecule has 0 bridgehead atoms. The zero-order valence-corrected chi connectivity index (χ0v) is 14.5. The van der Waals surface area contributed by atoms with E-state index in [1.54, 1.807) is 6.26 Å². The summed E-state index contributed by atoms with van der Waals surface area (Å²) in [5.74, 6) is 0.699. The average Bonchev–Trinajstić information content (AvgIpc) is 3.13. The molecule has 2 aromatic carbocycles. The van der Waals surface area contributed by atoms with Gasteiger partial charge in [-0.2, -0.15) is 0 Å². The molecule has 2 N–H and O–H groups in total. The van der Waals surface area contributed by atoms with Crippen molar-refractivity contribution in [3.63, 3.8) is 0 Å². The Balaban J connectivity index is 1.68. The van der Waals surface area contributed by atoms with E-state index >= 15 is 0 Å². The molecule has 0 aliphatic heterocycles. The van der Waals surface area contributed by atoms with E-state index in [2.05, 4.69) is 16.7 Å². The molecule has 0 radical (unpaired) electrons. The lowest BCUT2D eigenvalue weighted by atomic mass is 10.0. The number of benzene rings is 2. The first-order valence-electron chi connectivity index (χ1n) is 8.32. The topological polar surface area (TPSA) is 54.3 Å². The number of carbonyl (C=O) groups is 1. The molecule has 0 fully saturated rings. The molecular formula is C21H22N2O2. The summed E-state index contributed by atoms with van der Waals surface area (Å²) in [7, 11) is 0. The van der Waals surface area contributed by atoms with Crippen LogP contribution in [0.4, 0.5) is 5.69 Å². The zero-order valence-electron chi connectivity index (χ0n) is 14.5. The second kappa shape index (κ2) is 7.81. The Labute approximate surface area is 147 Å². The first-order chi connectivity index (χ1) is 12.1. The number of furan rings is 1. The van der Waals surface area contributed by atoms with E-state index < -0.39 is 0 Å². The maximum Gasteiger partial charge on any atom is 0.238 e. The van der Waals surface area contributed by atoms with Gasteiger partial charge in [0.15, 0.2) is 0 Å². The van der Waals surface area contributed by atoms with Crippen molar-refractivity contribution < 1.29 is 9.21 Å². The lowest BCUT2D eigenvalue weighted by Gasteiger charge is -2.17. The molecule has 4 heteroatoms. The SMILES string of the molecule is Cc1ccc(NC(=O)CN[C@H](c2ccccc2)c2ccco2)c(C)c1. The molecule has 1 amide bonds. The fourth-order valence-corrected chi connectivity index (χ4v) is 2.83. The summed E-state index contributed by atoms with van der Waals surface area (Å²) in [4.78, 5) is 12.4. The molecule has 0 saturated carbocycles. The van der Waals surface area contributed by atoms with Crippen LogP contribution >= 0.6 is 0 Å². The largest absolute Gasteiger partial charge is 0.467 e. The second-order valence-corrected chi connectivity index (χ2v) is 6.11. The van der Waals surface area contributed by atoms with E-state index in [-0.39, 0.29) is 18.5 Å². The Morgan fingerprint density at radius 3 is 2.52 bits per heavy atom. The number of hydrogen-bond donors (Lipinski definition) is 2. The summed E-state index contributed by atoms with van der Waals surface area (Å²) in [6.45, 7) is 4.22. The fraction of sp³-hybridized carbons (Fsp3) is 0.190. The molecule has 3 rings (SSSR count). The van der Waals surface area contributed by atoms with Crippen molar-refractivity contribution >= 4 is 11.6 Å². The quantitative estimate of drug-likeness (QED) is 0.710. The van der Waals surface area contributed by atoms with Gasteiger partial charge in [0.2, 0.25) is 5.91 Å². The van der Waals surface area contributed by atoms with E-state index in [0.717, 1.165) is 22.6 Å². The minimum absolute atomic E-state index is 0.0839. The summed E-state index contributed by atoms with van der Waals surface area (Å²) in [6.07, 6.45) is 1.64. The standard InChI is InChI=1S/C21H22N2O2/c1-15-10-11-18(16(2)13-15)23-20(24)14-22-21(19-9-6-12-25-19)17-7-4-3-5-8-17/h3-13,21-22H,14H2,1-2H3,(H,23,24)/t21-/m1/s1. The normalized spacial score (nSPS) is 11.9. The summed E-state index contributed by atoms with van der Waals surface area (Å²) >= 11 is 0. The third-order valence-electron chi connectivity index (χ3n) is 4.08. The molecule has 1 atom stereocenters. The van der Waals surface area contributed by atoms with Gasteiger partial charge in [-0.05, 0) is 43.2 Å². The molecular weight excluding hydrogens is 312 g/mol. The van der Waals surface area contributed by atoms with E-state index in [1.165, 1.54) is 5.56 Å². The molecule has 0 saturated heterocycles. The predicted octanol–water partition coefficient (Wildman–Crippen LogP) is 4.21. The fourth-order valence-electron chi connectivity index (χ4n) is 2.83. The molecule has 25 heavy (non-hydrogen) atoms. The van der Waals surface area contributed by atoms with Gasteiger partial charge in [0.25, 0.3) is 0 Å². The van der Waals surface area contributed by atoms with Crippen LogP contribution in [0, 0.1) is 13.8 Å². The summed E-state index contributed by atoms with van der Waals surface area (Å²) in [5.41, 5.74) is 4.12. The molecule has 1 heterocycles. The molecule has 0 aliphatic rings. The second-order valence-electron chi connectivity index (χ2n) is 6.11. The average molecular weight is 334 g/mol. The van der Waals surface area contributed by atoms with Gasteiger partial charge in [0.05, 0.1) is 18.8 Å². The van der Waals surface area contributed by atoms with Crippen molar-refractivity contribution in [2.75, 3.05) is 11.9 Å². The van der Waals surface area contributed by atoms with E-state index in [1.807, 2.05) is 68.4 Å².